The molecule has 119 heavy (non-hydrogen) atoms. The Balaban J connectivity index is 0.000000161. The summed E-state index contributed by atoms with van der Waals surface area (Å²) in [5, 5.41) is 8.00. The van der Waals surface area contributed by atoms with E-state index < -0.39 is 0 Å². The quantitative estimate of drug-likeness (QED) is 0.141. The van der Waals surface area contributed by atoms with Crippen molar-refractivity contribution in [2.75, 3.05) is 10.6 Å². The molecule has 17 aromatic rings. The molecule has 2 N–H and O–H groups in total. The Morgan fingerprint density at radius 2 is 0.563 bits per heavy atom. The van der Waals surface area contributed by atoms with E-state index in [0.29, 0.717) is 9.47 Å². The van der Waals surface area contributed by atoms with E-state index in [-0.39, 0.29) is 43.3 Å². The molecular formula is C110H97ClI2N2O3V. The van der Waals surface area contributed by atoms with Crippen molar-refractivity contribution >= 4 is 140 Å². The molecule has 0 atom stereocenters. The van der Waals surface area contributed by atoms with Crippen molar-refractivity contribution < 1.29 is 22.7 Å². The summed E-state index contributed by atoms with van der Waals surface area (Å²) < 4.78 is 20.7. The zero-order chi connectivity index (χ0) is 83.2. The van der Waals surface area contributed by atoms with Crippen molar-refractivity contribution in [2.45, 2.75) is 168 Å². The van der Waals surface area contributed by atoms with E-state index in [1.807, 2.05) is 18.2 Å². The Morgan fingerprint density at radius 1 is 0.303 bits per heavy atom. The summed E-state index contributed by atoms with van der Waals surface area (Å²) in [6, 6.07) is 91.0. The Morgan fingerprint density at radius 3 is 0.899 bits per heavy atom. The predicted octanol–water partition coefficient (Wildman–Crippen LogP) is 32.7. The predicted molar refractivity (Wildman–Crippen MR) is 516 cm³/mol. The number of furan rings is 3. The Bertz CT molecular complexity index is 6960. The third kappa shape index (κ3) is 11.2. The van der Waals surface area contributed by atoms with Gasteiger partial charge in [0.2, 0.25) is 0 Å². The number of hydrogen-bond acceptors (Lipinski definition) is 5. The average molecular weight is 1840 g/mol. The fraction of sp³-hybridized carbons (Fsp3) is 0.236. The van der Waals surface area contributed by atoms with E-state index in [0.717, 1.165) is 61.3 Å². The first kappa shape index (κ1) is 78.0. The number of hydrogen-bond donors (Lipinski definition) is 1. The zero-order valence-electron chi connectivity index (χ0n) is 71.0. The van der Waals surface area contributed by atoms with Gasteiger partial charge in [0.1, 0.15) is 33.5 Å². The monoisotopic (exact) mass is 1830 g/mol. The molecule has 0 saturated heterocycles. The molecule has 9 heteroatoms. The molecule has 0 aliphatic heterocycles. The molecule has 6 aliphatic carbocycles. The first-order valence-electron chi connectivity index (χ1n) is 41.8. The molecular weight excluding hydrogens is 1740 g/mol. The van der Waals surface area contributed by atoms with Crippen LogP contribution in [0.25, 0.3) is 133 Å². The van der Waals surface area contributed by atoms with Crippen LogP contribution < -0.4 is 10.6 Å². The second-order valence-electron chi connectivity index (χ2n) is 39.0. The average Bonchev–Trinajstić information content (AvgIpc) is 1.51. The van der Waals surface area contributed by atoms with Gasteiger partial charge in [0.15, 0.2) is 0 Å². The first-order chi connectivity index (χ1) is 56.6. The molecule has 0 unspecified atom stereocenters. The van der Waals surface area contributed by atoms with Gasteiger partial charge in [-0.1, -0.05) is 306 Å². The van der Waals surface area contributed by atoms with Gasteiger partial charge in [-0.05, 0) is 218 Å². The van der Waals surface area contributed by atoms with Crippen LogP contribution in [0.4, 0.5) is 22.7 Å². The molecule has 14 aromatic carbocycles. The van der Waals surface area contributed by atoms with Crippen LogP contribution in [0.2, 0.25) is 5.02 Å². The van der Waals surface area contributed by atoms with E-state index in [1.165, 1.54) is 177 Å². The molecule has 6 aliphatic rings. The van der Waals surface area contributed by atoms with Gasteiger partial charge in [0.05, 0.1) is 0 Å². The molecule has 0 saturated carbocycles. The molecule has 0 spiro atoms. The van der Waals surface area contributed by atoms with Gasteiger partial charge in [-0.2, -0.15) is 0 Å². The third-order valence-corrected chi connectivity index (χ3v) is 28.2. The van der Waals surface area contributed by atoms with Gasteiger partial charge in [0.25, 0.3) is 0 Å². The Kier molecular flexibility index (Phi) is 17.7. The van der Waals surface area contributed by atoms with Crippen LogP contribution in [0.3, 0.4) is 0 Å². The number of benzene rings is 14. The molecule has 5 nitrogen and oxygen atoms in total. The molecule has 0 radical (unpaired) electrons. The normalized spacial score (nSPS) is 15.9. The van der Waals surface area contributed by atoms with Gasteiger partial charge >= 0.3 is 49.4 Å². The SMILES string of the molecule is CC(C)(C)c1ccc(N(c2ccc3c(c2)C(C)(C)c2c4c(c5oc6ccccc6c5c2-3)-c2ccccc2C4(C)C)c2ccc3c(c2)C(C)(C)c2c4c(c5oc6ccccc6c5c2-3)-c2ccccc2C4(C)C)cc1.CC(C)(C)c1ccc(N)cc1.CC1(C)c2ccccc2-c2c1c1c(c3c2oc2ccccc23)-c2ccc(Cl)cc2C1(C)C.[I][V][I]. The molecule has 0 amide bonds. The summed E-state index contributed by atoms with van der Waals surface area (Å²) in [7, 11) is 0.628. The van der Waals surface area contributed by atoms with Crippen LogP contribution in [-0.2, 0) is 52.8 Å². The number of nitrogen functional groups attached to an aromatic ring is 1. The van der Waals surface area contributed by atoms with Gasteiger partial charge in [-0.15, -0.1) is 0 Å². The van der Waals surface area contributed by atoms with E-state index in [2.05, 4.69) is 400 Å². The van der Waals surface area contributed by atoms with Crippen molar-refractivity contribution in [1.29, 1.82) is 0 Å². The van der Waals surface area contributed by atoms with Gasteiger partial charge in [0, 0.05) is 109 Å². The van der Waals surface area contributed by atoms with Crippen molar-refractivity contribution in [2.24, 2.45) is 0 Å². The number of anilines is 4. The van der Waals surface area contributed by atoms with E-state index >= 15 is 0 Å². The van der Waals surface area contributed by atoms with Gasteiger partial charge < -0.3 is 23.9 Å². The van der Waals surface area contributed by atoms with Crippen LogP contribution in [0.15, 0.2) is 262 Å². The molecule has 3 aromatic heterocycles. The van der Waals surface area contributed by atoms with Crippen molar-refractivity contribution in [3.8, 4) is 66.8 Å². The number of nitrogens with zero attached hydrogens (tertiary/aromatic N) is 1. The molecule has 0 bridgehead atoms. The summed E-state index contributed by atoms with van der Waals surface area (Å²) in [6.45, 7) is 42.4. The van der Waals surface area contributed by atoms with Crippen LogP contribution in [0.1, 0.15) is 203 Å². The number of fused-ring (bicyclic) bond motifs is 36. The maximum absolute atomic E-state index is 7.02. The standard InChI is InChI=1S/C70H59NO2.C30H23ClO.C10H15N.2HI.V/c1-66(2,3)38-28-30-39(31-29-38)71(40-32-34-44-50(36-40)69(8,9)60-54(44)56-46-22-14-18-26-52(46)72-64(56)58-42-20-12-16-24-48(42)67(4,5)62(58)60)41-33-35-45-51(37-41)70(10,11)61-55(45)57-47-23-15-19-27-53(47)73-65(57)59-43-21-13-17-25-49(43)68(6,7)63(59)61;1-29(2)20-11-7-5-9-17(20)25-27(29)26-23(18-14-13-16(31)15-21(18)30(26,3)4)24-19-10-6-8-12-22(19)32-28(24)25;1-10(2,3)8-4-6-9(11)7-5-8;;;/h12-37H,1-11H3;5-15H,1-4H3;4-7H,11H2,1-3H3;2*1H;/q;;;;;+2/p-2. The molecule has 591 valence electrons. The number of para-hydroxylation sites is 3. The second kappa shape index (κ2) is 27.0. The van der Waals surface area contributed by atoms with Gasteiger partial charge in [-0.25, -0.2) is 0 Å². The number of nitrogens with two attached hydrogens (primary N) is 1. The zero-order valence-corrected chi connectivity index (χ0v) is 77.5. The maximum atomic E-state index is 7.02. The summed E-state index contributed by atoms with van der Waals surface area (Å²) in [5.74, 6) is 0. The fourth-order valence-electron chi connectivity index (χ4n) is 22.4. The van der Waals surface area contributed by atoms with Crippen molar-refractivity contribution in [3.63, 3.8) is 0 Å². The summed E-state index contributed by atoms with van der Waals surface area (Å²) in [6.07, 6.45) is 0. The minimum atomic E-state index is -0.330. The summed E-state index contributed by atoms with van der Waals surface area (Å²) >= 11 is 11.3. The second-order valence-corrected chi connectivity index (χ2v) is 51.2. The van der Waals surface area contributed by atoms with Crippen molar-refractivity contribution in [3.05, 3.63) is 332 Å². The van der Waals surface area contributed by atoms with Crippen molar-refractivity contribution in [1.82, 2.24) is 0 Å². The molecule has 3 heterocycles. The van der Waals surface area contributed by atoms with Crippen LogP contribution >= 0.6 is 51.6 Å². The van der Waals surface area contributed by atoms with E-state index in [9.17, 15) is 0 Å². The van der Waals surface area contributed by atoms with Crippen LogP contribution in [0, 0.1) is 0 Å². The molecule has 0 fully saturated rings. The number of rotatable bonds is 3. The van der Waals surface area contributed by atoms with Crippen LogP contribution in [-0.4, -0.2) is 0 Å². The Hall–Kier alpha value is -9.59. The number of halogens is 3. The van der Waals surface area contributed by atoms with E-state index in [1.54, 1.807) is 0 Å². The molecule has 23 rings (SSSR count). The topological polar surface area (TPSA) is 68.7 Å². The third-order valence-electron chi connectivity index (χ3n) is 27.9. The fourth-order valence-corrected chi connectivity index (χ4v) is 22.5. The van der Waals surface area contributed by atoms with Crippen LogP contribution in [0.5, 0.6) is 0 Å². The van der Waals surface area contributed by atoms with Gasteiger partial charge in [-0.3, -0.25) is 0 Å². The summed E-state index contributed by atoms with van der Waals surface area (Å²) in [4.78, 5) is 2.52. The Labute approximate surface area is 733 Å². The summed E-state index contributed by atoms with van der Waals surface area (Å²) in [5.41, 5.74) is 49.1. The first-order valence-corrected chi connectivity index (χ1v) is 51.2. The minimum absolute atomic E-state index is 0.0165. The van der Waals surface area contributed by atoms with E-state index in [4.69, 9.17) is 30.6 Å².